The van der Waals surface area contributed by atoms with Crippen molar-refractivity contribution < 1.29 is 76.6 Å². The van der Waals surface area contributed by atoms with Crippen LogP contribution in [-0.4, -0.2) is 17.5 Å². The molecule has 25 heavy (non-hydrogen) atoms. The van der Waals surface area contributed by atoms with Gasteiger partial charge in [0.15, 0.2) is 0 Å². The predicted molar refractivity (Wildman–Crippen MR) is 95.6 cm³/mol. The van der Waals surface area contributed by atoms with E-state index in [1.165, 1.54) is 96.3 Å². The van der Waals surface area contributed by atoms with Gasteiger partial charge in [0.25, 0.3) is 0 Å². The Morgan fingerprint density at radius 2 is 0.920 bits per heavy atom. The van der Waals surface area contributed by atoms with Gasteiger partial charge < -0.3 is 9.11 Å². The van der Waals surface area contributed by atoms with Gasteiger partial charge in [-0.05, 0) is 12.8 Å². The first-order chi connectivity index (χ1) is 10.9. The second kappa shape index (κ2) is 27.8. The Balaban J connectivity index is -0.000000276. The molecule has 0 unspecified atom stereocenters. The largest absolute Gasteiger partial charge is 1.00 e. The molecule has 0 aliphatic carbocycles. The molecular formula is C18H36Na2O4S. The monoisotopic (exact) mass is 394 g/mol. The van der Waals surface area contributed by atoms with Gasteiger partial charge in [0.2, 0.25) is 0 Å². The number of rotatable bonds is 15. The number of allylic oxidation sites excluding steroid dienone is 1. The molecule has 0 heterocycles. The second-order valence-electron chi connectivity index (χ2n) is 6.08. The zero-order chi connectivity index (χ0) is 17.8. The van der Waals surface area contributed by atoms with Crippen LogP contribution < -0.4 is 59.1 Å². The van der Waals surface area contributed by atoms with Crippen LogP contribution in [0.15, 0.2) is 12.7 Å². The Morgan fingerprint density at radius 1 is 0.680 bits per heavy atom. The molecule has 0 spiro atoms. The van der Waals surface area contributed by atoms with Crippen LogP contribution in [0.4, 0.5) is 0 Å². The molecule has 0 bridgehead atoms. The van der Waals surface area contributed by atoms with E-state index >= 15 is 0 Å². The van der Waals surface area contributed by atoms with Gasteiger partial charge in [0, 0.05) is 10.4 Å². The molecule has 0 aromatic rings. The summed E-state index contributed by atoms with van der Waals surface area (Å²) in [6.07, 6.45) is 23.5. The van der Waals surface area contributed by atoms with E-state index in [9.17, 15) is 0 Å². The summed E-state index contributed by atoms with van der Waals surface area (Å²) < 4.78 is 34.1. The smallest absolute Gasteiger partial charge is 0.759 e. The SMILES string of the molecule is C=CCCCCCCCCCCCCCCCC.O=S(=O)([O-])[O-].[Na+].[Na+]. The van der Waals surface area contributed by atoms with Crippen molar-refractivity contribution >= 4 is 10.4 Å². The van der Waals surface area contributed by atoms with Crippen LogP contribution >= 0.6 is 0 Å². The summed E-state index contributed by atoms with van der Waals surface area (Å²) in [5.74, 6) is 0. The van der Waals surface area contributed by atoms with E-state index in [0.29, 0.717) is 0 Å². The molecule has 0 amide bonds. The molecule has 0 saturated heterocycles. The third-order valence-corrected chi connectivity index (χ3v) is 3.76. The van der Waals surface area contributed by atoms with Gasteiger partial charge in [0.1, 0.15) is 0 Å². The van der Waals surface area contributed by atoms with Crippen molar-refractivity contribution in [3.63, 3.8) is 0 Å². The fourth-order valence-corrected chi connectivity index (χ4v) is 2.48. The molecular weight excluding hydrogens is 358 g/mol. The third kappa shape index (κ3) is 51.7. The minimum Gasteiger partial charge on any atom is -0.759 e. The summed E-state index contributed by atoms with van der Waals surface area (Å²) in [4.78, 5) is 0. The fraction of sp³-hybridized carbons (Fsp3) is 0.889. The van der Waals surface area contributed by atoms with E-state index in [1.807, 2.05) is 6.08 Å². The maximum atomic E-state index is 8.52. The molecule has 0 aromatic carbocycles. The van der Waals surface area contributed by atoms with Crippen molar-refractivity contribution in [2.24, 2.45) is 0 Å². The Labute approximate surface area is 201 Å². The molecule has 0 aromatic heterocycles. The molecule has 0 N–H and O–H groups in total. The number of unbranched alkanes of at least 4 members (excludes halogenated alkanes) is 14. The summed E-state index contributed by atoms with van der Waals surface area (Å²) >= 11 is 0. The topological polar surface area (TPSA) is 80.3 Å². The van der Waals surface area contributed by atoms with Crippen LogP contribution in [0.5, 0.6) is 0 Å². The van der Waals surface area contributed by atoms with Gasteiger partial charge in [-0.15, -0.1) is 6.58 Å². The molecule has 0 fully saturated rings. The minimum absolute atomic E-state index is 0. The van der Waals surface area contributed by atoms with Crippen LogP contribution in [0.1, 0.15) is 103 Å². The Kier molecular flexibility index (Phi) is 38.0. The van der Waals surface area contributed by atoms with Crippen molar-refractivity contribution in [1.82, 2.24) is 0 Å². The molecule has 0 aliphatic rings. The van der Waals surface area contributed by atoms with Gasteiger partial charge in [-0.25, -0.2) is 0 Å². The predicted octanol–water partition coefficient (Wildman–Crippen LogP) is -0.286. The molecule has 0 aliphatic heterocycles. The zero-order valence-electron chi connectivity index (χ0n) is 16.9. The molecule has 0 atom stereocenters. The van der Waals surface area contributed by atoms with Crippen molar-refractivity contribution in [3.05, 3.63) is 12.7 Å². The van der Waals surface area contributed by atoms with Crippen LogP contribution in [0.3, 0.4) is 0 Å². The summed E-state index contributed by atoms with van der Waals surface area (Å²) in [6, 6.07) is 0. The van der Waals surface area contributed by atoms with E-state index < -0.39 is 10.4 Å². The Morgan fingerprint density at radius 3 is 1.16 bits per heavy atom. The quantitative estimate of drug-likeness (QED) is 0.126. The summed E-state index contributed by atoms with van der Waals surface area (Å²) in [5.41, 5.74) is 0. The van der Waals surface area contributed by atoms with Gasteiger partial charge >= 0.3 is 59.1 Å². The Hall–Kier alpha value is 1.61. The summed E-state index contributed by atoms with van der Waals surface area (Å²) in [6.45, 7) is 6.05. The third-order valence-electron chi connectivity index (χ3n) is 3.76. The van der Waals surface area contributed by atoms with Crippen molar-refractivity contribution in [1.29, 1.82) is 0 Å². The summed E-state index contributed by atoms with van der Waals surface area (Å²) in [5, 5.41) is 0. The molecule has 0 rings (SSSR count). The number of hydrogen-bond donors (Lipinski definition) is 0. The Bertz CT molecular complexity index is 328. The second-order valence-corrected chi connectivity index (χ2v) is 6.90. The van der Waals surface area contributed by atoms with Gasteiger partial charge in [-0.2, -0.15) is 0 Å². The van der Waals surface area contributed by atoms with Crippen LogP contribution in [0, 0.1) is 0 Å². The maximum Gasteiger partial charge on any atom is 1.00 e. The minimum atomic E-state index is -5.17. The van der Waals surface area contributed by atoms with Crippen LogP contribution in [-0.2, 0) is 10.4 Å². The summed E-state index contributed by atoms with van der Waals surface area (Å²) in [7, 11) is -5.17. The number of hydrogen-bond acceptors (Lipinski definition) is 4. The van der Waals surface area contributed by atoms with Gasteiger partial charge in [-0.3, -0.25) is 8.42 Å². The molecule has 4 nitrogen and oxygen atoms in total. The van der Waals surface area contributed by atoms with E-state index in [4.69, 9.17) is 17.5 Å². The van der Waals surface area contributed by atoms with E-state index in [1.54, 1.807) is 0 Å². The van der Waals surface area contributed by atoms with Crippen LogP contribution in [0.25, 0.3) is 0 Å². The van der Waals surface area contributed by atoms with Crippen LogP contribution in [0.2, 0.25) is 0 Å². The van der Waals surface area contributed by atoms with E-state index in [0.717, 1.165) is 0 Å². The maximum absolute atomic E-state index is 8.52. The average Bonchev–Trinajstić information content (AvgIpc) is 2.46. The van der Waals surface area contributed by atoms with Crippen molar-refractivity contribution in [2.45, 2.75) is 103 Å². The first-order valence-corrected chi connectivity index (χ1v) is 10.5. The standard InChI is InChI=1S/C18H36.2Na.H2O4S/c1-3-5-7-9-11-13-15-17-18-16-14-12-10-8-6-4-2;;;1-5(2,3)4/h3H,1,4-18H2,2H3;;;(H2,1,2,3,4)/q;2*+1;/p-2. The van der Waals surface area contributed by atoms with Crippen molar-refractivity contribution in [2.75, 3.05) is 0 Å². The molecule has 0 radical (unpaired) electrons. The van der Waals surface area contributed by atoms with E-state index in [-0.39, 0.29) is 59.1 Å². The van der Waals surface area contributed by atoms with Gasteiger partial charge in [-0.1, -0.05) is 96.5 Å². The fourth-order valence-electron chi connectivity index (χ4n) is 2.48. The molecule has 7 heteroatoms. The molecule has 0 saturated carbocycles. The first kappa shape index (κ1) is 34.1. The average molecular weight is 395 g/mol. The normalized spacial score (nSPS) is 10.0. The molecule has 140 valence electrons. The van der Waals surface area contributed by atoms with Gasteiger partial charge in [0.05, 0.1) is 0 Å². The van der Waals surface area contributed by atoms with Crippen molar-refractivity contribution in [3.8, 4) is 0 Å². The van der Waals surface area contributed by atoms with E-state index in [2.05, 4.69) is 13.5 Å². The first-order valence-electron chi connectivity index (χ1n) is 9.19. The zero-order valence-corrected chi connectivity index (χ0v) is 21.7.